The van der Waals surface area contributed by atoms with Crippen molar-refractivity contribution in [2.24, 2.45) is 0 Å². The molecule has 1 unspecified atom stereocenters. The van der Waals surface area contributed by atoms with Crippen molar-refractivity contribution < 1.29 is 9.53 Å². The van der Waals surface area contributed by atoms with Crippen molar-refractivity contribution in [3.05, 3.63) is 18.2 Å². The summed E-state index contributed by atoms with van der Waals surface area (Å²) in [5.74, 6) is 0.941. The van der Waals surface area contributed by atoms with Crippen LogP contribution in [0.3, 0.4) is 0 Å². The second kappa shape index (κ2) is 5.16. The summed E-state index contributed by atoms with van der Waals surface area (Å²) >= 11 is 0. The fraction of sp³-hybridized carbons (Fsp3) is 0.462. The Hall–Kier alpha value is -1.91. The van der Waals surface area contributed by atoms with Crippen molar-refractivity contribution in [1.29, 1.82) is 0 Å². The molecule has 1 aliphatic rings. The van der Waals surface area contributed by atoms with E-state index < -0.39 is 0 Å². The molecule has 3 N–H and O–H groups in total. The van der Waals surface area contributed by atoms with Gasteiger partial charge in [-0.05, 0) is 12.5 Å². The van der Waals surface area contributed by atoms with E-state index in [2.05, 4.69) is 5.32 Å². The Balaban J connectivity index is 2.05. The van der Waals surface area contributed by atoms with Gasteiger partial charge in [-0.15, -0.1) is 0 Å². The molecule has 0 aliphatic carbocycles. The van der Waals surface area contributed by atoms with Crippen LogP contribution in [0.1, 0.15) is 12.8 Å². The summed E-state index contributed by atoms with van der Waals surface area (Å²) < 4.78 is 5.18. The first-order valence-corrected chi connectivity index (χ1v) is 6.03. The maximum absolute atomic E-state index is 11.4. The Morgan fingerprint density at radius 3 is 2.89 bits per heavy atom. The number of hydrogen-bond acceptors (Lipinski definition) is 4. The minimum atomic E-state index is 0.207. The Labute approximate surface area is 107 Å². The molecule has 0 aromatic heterocycles. The van der Waals surface area contributed by atoms with Crippen LogP contribution in [0, 0.1) is 0 Å². The molecule has 1 aromatic carbocycles. The van der Waals surface area contributed by atoms with E-state index in [0.29, 0.717) is 12.1 Å². The number of nitrogens with two attached hydrogens (primary N) is 1. The summed E-state index contributed by atoms with van der Waals surface area (Å²) in [6, 6.07) is 5.83. The number of nitrogen functional groups attached to an aromatic ring is 1. The molecule has 1 aliphatic heterocycles. The second-order valence-corrected chi connectivity index (χ2v) is 4.65. The van der Waals surface area contributed by atoms with E-state index in [0.717, 1.165) is 24.4 Å². The first-order valence-electron chi connectivity index (χ1n) is 6.03. The Bertz CT molecular complexity index is 448. The van der Waals surface area contributed by atoms with Crippen LogP contribution in [0.25, 0.3) is 0 Å². The number of nitrogens with one attached hydrogen (secondary N) is 1. The molecule has 98 valence electrons. The van der Waals surface area contributed by atoms with Gasteiger partial charge in [-0.1, -0.05) is 0 Å². The van der Waals surface area contributed by atoms with Crippen LogP contribution in [0.2, 0.25) is 0 Å². The Morgan fingerprint density at radius 2 is 2.22 bits per heavy atom. The van der Waals surface area contributed by atoms with Gasteiger partial charge < -0.3 is 20.7 Å². The van der Waals surface area contributed by atoms with Crippen LogP contribution < -0.4 is 15.8 Å². The molecule has 0 saturated carbocycles. The third-order valence-corrected chi connectivity index (χ3v) is 3.16. The molecule has 0 radical (unpaired) electrons. The van der Waals surface area contributed by atoms with Gasteiger partial charge in [0.05, 0.1) is 7.11 Å². The van der Waals surface area contributed by atoms with Gasteiger partial charge in [0, 0.05) is 49.6 Å². The number of carbonyl (C=O) groups excluding carboxylic acids is 1. The Kier molecular flexibility index (Phi) is 3.60. The van der Waals surface area contributed by atoms with Crippen LogP contribution in [0.4, 0.5) is 11.4 Å². The van der Waals surface area contributed by atoms with Crippen LogP contribution in [-0.2, 0) is 4.79 Å². The number of likely N-dealkylation sites (tertiary alicyclic amines) is 1. The zero-order valence-corrected chi connectivity index (χ0v) is 10.8. The van der Waals surface area contributed by atoms with Crippen molar-refractivity contribution >= 4 is 17.3 Å². The molecular weight excluding hydrogens is 230 g/mol. The molecule has 18 heavy (non-hydrogen) atoms. The predicted molar refractivity (Wildman–Crippen MR) is 71.7 cm³/mol. The molecular formula is C13H19N3O2. The molecule has 5 heteroatoms. The second-order valence-electron chi connectivity index (χ2n) is 4.65. The number of piperidine rings is 1. The average molecular weight is 249 g/mol. The lowest BCUT2D eigenvalue weighted by molar-refractivity contribution is -0.132. The highest BCUT2D eigenvalue weighted by Crippen LogP contribution is 2.24. The van der Waals surface area contributed by atoms with Crippen molar-refractivity contribution in [3.63, 3.8) is 0 Å². The van der Waals surface area contributed by atoms with Gasteiger partial charge >= 0.3 is 0 Å². The molecule has 1 heterocycles. The number of amides is 1. The fourth-order valence-corrected chi connectivity index (χ4v) is 2.19. The third kappa shape index (κ3) is 2.85. The van der Waals surface area contributed by atoms with Crippen molar-refractivity contribution in [1.82, 2.24) is 4.90 Å². The van der Waals surface area contributed by atoms with Gasteiger partial charge in [0.15, 0.2) is 0 Å². The third-order valence-electron chi connectivity index (χ3n) is 3.16. The van der Waals surface area contributed by atoms with E-state index in [1.165, 1.54) is 0 Å². The SMILES string of the molecule is COc1cc(N)cc(NC2CCC(=O)N(C)C2)c1. The standard InChI is InChI=1S/C13H19N3O2/c1-16-8-10(3-4-13(16)17)15-11-5-9(14)6-12(7-11)18-2/h5-7,10,15H,3-4,8,14H2,1-2H3. The number of nitrogens with zero attached hydrogens (tertiary/aromatic N) is 1. The van der Waals surface area contributed by atoms with Crippen molar-refractivity contribution in [2.75, 3.05) is 31.8 Å². The highest BCUT2D eigenvalue weighted by atomic mass is 16.5. The molecule has 0 bridgehead atoms. The summed E-state index contributed by atoms with van der Waals surface area (Å²) in [6.07, 6.45) is 1.44. The summed E-state index contributed by atoms with van der Waals surface area (Å²) in [7, 11) is 3.45. The molecule has 1 atom stereocenters. The fourth-order valence-electron chi connectivity index (χ4n) is 2.19. The lowest BCUT2D eigenvalue weighted by Crippen LogP contribution is -2.43. The monoisotopic (exact) mass is 249 g/mol. The van der Waals surface area contributed by atoms with Gasteiger partial charge in [0.2, 0.25) is 5.91 Å². The summed E-state index contributed by atoms with van der Waals surface area (Å²) in [5.41, 5.74) is 7.40. The number of ether oxygens (including phenoxy) is 1. The number of methoxy groups -OCH3 is 1. The van der Waals surface area contributed by atoms with E-state index in [1.54, 1.807) is 18.1 Å². The van der Waals surface area contributed by atoms with Gasteiger partial charge in [-0.3, -0.25) is 4.79 Å². The van der Waals surface area contributed by atoms with Crippen LogP contribution >= 0.6 is 0 Å². The van der Waals surface area contributed by atoms with E-state index in [1.807, 2.05) is 19.2 Å². The summed E-state index contributed by atoms with van der Waals surface area (Å²) in [4.78, 5) is 13.2. The largest absolute Gasteiger partial charge is 0.497 e. The number of likely N-dealkylation sites (N-methyl/N-ethyl adjacent to an activating group) is 1. The molecule has 1 saturated heterocycles. The van der Waals surface area contributed by atoms with Gasteiger partial charge in [0.1, 0.15) is 5.75 Å². The zero-order chi connectivity index (χ0) is 13.1. The maximum atomic E-state index is 11.4. The number of benzene rings is 1. The normalized spacial score (nSPS) is 19.8. The Morgan fingerprint density at radius 1 is 1.44 bits per heavy atom. The highest BCUT2D eigenvalue weighted by molar-refractivity contribution is 5.77. The highest BCUT2D eigenvalue weighted by Gasteiger charge is 2.22. The molecule has 5 nitrogen and oxygen atoms in total. The lowest BCUT2D eigenvalue weighted by atomic mass is 10.1. The van der Waals surface area contributed by atoms with Crippen LogP contribution in [0.15, 0.2) is 18.2 Å². The minimum absolute atomic E-state index is 0.207. The number of hydrogen-bond donors (Lipinski definition) is 2. The summed E-state index contributed by atoms with van der Waals surface area (Å²) in [6.45, 7) is 0.718. The number of anilines is 2. The van der Waals surface area contributed by atoms with E-state index in [4.69, 9.17) is 10.5 Å². The van der Waals surface area contributed by atoms with Gasteiger partial charge in [-0.25, -0.2) is 0 Å². The maximum Gasteiger partial charge on any atom is 0.222 e. The molecule has 1 fully saturated rings. The van der Waals surface area contributed by atoms with E-state index in [9.17, 15) is 4.79 Å². The van der Waals surface area contributed by atoms with Gasteiger partial charge in [-0.2, -0.15) is 0 Å². The smallest absolute Gasteiger partial charge is 0.222 e. The van der Waals surface area contributed by atoms with E-state index >= 15 is 0 Å². The molecule has 1 aromatic rings. The molecule has 1 amide bonds. The first-order chi connectivity index (χ1) is 8.58. The topological polar surface area (TPSA) is 67.6 Å². The summed E-state index contributed by atoms with van der Waals surface area (Å²) in [5, 5.41) is 3.39. The first kappa shape index (κ1) is 12.5. The lowest BCUT2D eigenvalue weighted by Gasteiger charge is -2.30. The molecule has 2 rings (SSSR count). The minimum Gasteiger partial charge on any atom is -0.497 e. The van der Waals surface area contributed by atoms with Crippen molar-refractivity contribution in [2.45, 2.75) is 18.9 Å². The predicted octanol–water partition coefficient (Wildman–Crippen LogP) is 1.31. The quantitative estimate of drug-likeness (QED) is 0.793. The molecule has 0 spiro atoms. The zero-order valence-electron chi connectivity index (χ0n) is 10.8. The van der Waals surface area contributed by atoms with Crippen LogP contribution in [-0.4, -0.2) is 37.6 Å². The van der Waals surface area contributed by atoms with Crippen molar-refractivity contribution in [3.8, 4) is 5.75 Å². The number of carbonyl (C=O) groups is 1. The number of rotatable bonds is 3. The van der Waals surface area contributed by atoms with Crippen LogP contribution in [0.5, 0.6) is 5.75 Å². The van der Waals surface area contributed by atoms with E-state index in [-0.39, 0.29) is 11.9 Å². The van der Waals surface area contributed by atoms with Gasteiger partial charge in [0.25, 0.3) is 0 Å². The average Bonchev–Trinajstić information content (AvgIpc) is 2.33.